The van der Waals surface area contributed by atoms with E-state index >= 15 is 0 Å². The van der Waals surface area contributed by atoms with E-state index in [2.05, 4.69) is 4.98 Å². The Morgan fingerprint density at radius 1 is 1.22 bits per heavy atom. The highest BCUT2D eigenvalue weighted by Gasteiger charge is 2.08. The van der Waals surface area contributed by atoms with E-state index in [-0.39, 0.29) is 12.4 Å². The van der Waals surface area contributed by atoms with Crippen molar-refractivity contribution in [2.75, 3.05) is 0 Å². The smallest absolute Gasteiger partial charge is 0.232 e. The summed E-state index contributed by atoms with van der Waals surface area (Å²) in [6.07, 6.45) is 1.64. The fourth-order valence-corrected chi connectivity index (χ4v) is 2.29. The number of carbonyl (C=O) groups excluding carboxylic acids is 1. The van der Waals surface area contributed by atoms with Gasteiger partial charge in [-0.25, -0.2) is 4.98 Å². The van der Waals surface area contributed by atoms with Gasteiger partial charge in [0, 0.05) is 16.1 Å². The second-order valence-corrected chi connectivity index (χ2v) is 5.44. The van der Waals surface area contributed by atoms with Gasteiger partial charge in [0.2, 0.25) is 5.89 Å². The van der Waals surface area contributed by atoms with Crippen LogP contribution in [0.25, 0.3) is 11.3 Å². The molecule has 0 aliphatic heterocycles. The Kier molecular flexibility index (Phi) is 4.44. The van der Waals surface area contributed by atoms with Crippen molar-refractivity contribution in [1.29, 1.82) is 0 Å². The molecule has 0 bridgehead atoms. The number of nitrogens with zero attached hydrogens (tertiary/aromatic N) is 1. The lowest BCUT2D eigenvalue weighted by Gasteiger charge is -2.04. The van der Waals surface area contributed by atoms with E-state index in [4.69, 9.17) is 20.8 Å². The van der Waals surface area contributed by atoms with Crippen LogP contribution in [0.15, 0.2) is 59.1 Å². The molecule has 0 atom stereocenters. The monoisotopic (exact) mass is 327 g/mol. The first-order chi connectivity index (χ1) is 11.1. The molecule has 23 heavy (non-hydrogen) atoms. The molecule has 1 heterocycles. The van der Waals surface area contributed by atoms with Crippen molar-refractivity contribution in [3.63, 3.8) is 0 Å². The fourth-order valence-electron chi connectivity index (χ4n) is 2.10. The topological polar surface area (TPSA) is 52.3 Å². The molecule has 4 nitrogen and oxygen atoms in total. The summed E-state index contributed by atoms with van der Waals surface area (Å²) in [5.41, 5.74) is 1.46. The molecule has 0 fully saturated rings. The third-order valence-corrected chi connectivity index (χ3v) is 3.50. The molecule has 0 spiro atoms. The predicted octanol–water partition coefficient (Wildman–Crippen LogP) is 4.78. The molecule has 2 aromatic carbocycles. The van der Waals surface area contributed by atoms with Gasteiger partial charge in [0.15, 0.2) is 18.2 Å². The third-order valence-electron chi connectivity index (χ3n) is 3.27. The van der Waals surface area contributed by atoms with Crippen LogP contribution < -0.4 is 4.74 Å². The maximum absolute atomic E-state index is 11.4. The highest BCUT2D eigenvalue weighted by Crippen LogP contribution is 2.24. The zero-order valence-corrected chi connectivity index (χ0v) is 13.2. The van der Waals surface area contributed by atoms with Crippen molar-refractivity contribution in [1.82, 2.24) is 4.98 Å². The number of Topliss-reactive ketones (excluding diaryl/α,β-unsaturated/α-hetero) is 1. The minimum absolute atomic E-state index is 0.00480. The van der Waals surface area contributed by atoms with E-state index in [1.165, 1.54) is 6.92 Å². The molecule has 1 aromatic heterocycles. The molecule has 0 radical (unpaired) electrons. The lowest BCUT2D eigenvalue weighted by atomic mass is 10.1. The zero-order valence-electron chi connectivity index (χ0n) is 12.5. The summed E-state index contributed by atoms with van der Waals surface area (Å²) in [5, 5.41) is 0.637. The molecule has 116 valence electrons. The number of rotatable bonds is 5. The Morgan fingerprint density at radius 2 is 2.04 bits per heavy atom. The van der Waals surface area contributed by atoms with Gasteiger partial charge in [0.1, 0.15) is 5.75 Å². The summed E-state index contributed by atoms with van der Waals surface area (Å²) in [4.78, 5) is 15.6. The van der Waals surface area contributed by atoms with E-state index in [1.54, 1.807) is 36.5 Å². The minimum atomic E-state index is -0.00480. The van der Waals surface area contributed by atoms with Gasteiger partial charge in [0.05, 0.1) is 6.20 Å². The summed E-state index contributed by atoms with van der Waals surface area (Å²) in [6.45, 7) is 1.70. The van der Waals surface area contributed by atoms with Gasteiger partial charge in [-0.05, 0) is 31.2 Å². The van der Waals surface area contributed by atoms with Crippen LogP contribution in [0.3, 0.4) is 0 Å². The lowest BCUT2D eigenvalue weighted by Crippen LogP contribution is -1.97. The Balaban J connectivity index is 1.70. The first-order valence-electron chi connectivity index (χ1n) is 7.06. The summed E-state index contributed by atoms with van der Waals surface area (Å²) < 4.78 is 11.3. The number of ether oxygens (including phenoxy) is 1. The molecule has 0 aliphatic carbocycles. The van der Waals surface area contributed by atoms with Crippen LogP contribution >= 0.6 is 11.6 Å². The highest BCUT2D eigenvalue weighted by atomic mass is 35.5. The largest absolute Gasteiger partial charge is 0.484 e. The number of halogens is 1. The van der Waals surface area contributed by atoms with Crippen molar-refractivity contribution in [3.8, 4) is 17.1 Å². The highest BCUT2D eigenvalue weighted by molar-refractivity contribution is 6.30. The van der Waals surface area contributed by atoms with Crippen LogP contribution in [0.2, 0.25) is 5.02 Å². The molecular formula is C18H14ClNO3. The standard InChI is InChI=1S/C18H14ClNO3/c1-12(21)13-4-3-7-16(9-13)22-11-18-20-10-17(23-18)14-5-2-6-15(19)8-14/h2-10H,11H2,1H3. The van der Waals surface area contributed by atoms with Gasteiger partial charge < -0.3 is 9.15 Å². The molecule has 0 saturated heterocycles. The lowest BCUT2D eigenvalue weighted by molar-refractivity contribution is 0.101. The van der Waals surface area contributed by atoms with Gasteiger partial charge in [-0.1, -0.05) is 35.9 Å². The quantitative estimate of drug-likeness (QED) is 0.633. The normalized spacial score (nSPS) is 10.5. The van der Waals surface area contributed by atoms with Gasteiger partial charge in [-0.15, -0.1) is 0 Å². The molecule has 0 saturated carbocycles. The molecule has 3 aromatic rings. The Morgan fingerprint density at radius 3 is 2.83 bits per heavy atom. The Labute approximate surface area is 138 Å². The van der Waals surface area contributed by atoms with Crippen LogP contribution in [0.5, 0.6) is 5.75 Å². The molecular weight excluding hydrogens is 314 g/mol. The van der Waals surface area contributed by atoms with E-state index < -0.39 is 0 Å². The van der Waals surface area contributed by atoms with E-state index in [9.17, 15) is 4.79 Å². The number of hydrogen-bond acceptors (Lipinski definition) is 4. The first kappa shape index (κ1) is 15.3. The van der Waals surface area contributed by atoms with Crippen molar-refractivity contribution in [2.45, 2.75) is 13.5 Å². The summed E-state index contributed by atoms with van der Waals surface area (Å²) in [5.74, 6) is 1.67. The van der Waals surface area contributed by atoms with Crippen LogP contribution in [0, 0.1) is 0 Å². The number of carbonyl (C=O) groups is 1. The average molecular weight is 328 g/mol. The van der Waals surface area contributed by atoms with Crippen molar-refractivity contribution < 1.29 is 13.9 Å². The first-order valence-corrected chi connectivity index (χ1v) is 7.44. The number of benzene rings is 2. The van der Waals surface area contributed by atoms with Crippen LogP contribution in [-0.2, 0) is 6.61 Å². The second-order valence-electron chi connectivity index (χ2n) is 5.00. The average Bonchev–Trinajstić information content (AvgIpc) is 3.02. The fraction of sp³-hybridized carbons (Fsp3) is 0.111. The van der Waals surface area contributed by atoms with Gasteiger partial charge in [-0.2, -0.15) is 0 Å². The summed E-state index contributed by atoms with van der Waals surface area (Å²) in [7, 11) is 0. The van der Waals surface area contributed by atoms with E-state index in [0.29, 0.717) is 28.0 Å². The second kappa shape index (κ2) is 6.67. The van der Waals surface area contributed by atoms with Crippen molar-refractivity contribution in [3.05, 3.63) is 71.2 Å². The SMILES string of the molecule is CC(=O)c1cccc(OCc2ncc(-c3cccc(Cl)c3)o2)c1. The number of hydrogen-bond donors (Lipinski definition) is 0. The molecule has 3 rings (SSSR count). The number of oxazole rings is 1. The molecule has 0 N–H and O–H groups in total. The summed E-state index contributed by atoms with van der Waals surface area (Å²) in [6, 6.07) is 14.4. The van der Waals surface area contributed by atoms with Crippen molar-refractivity contribution in [2.24, 2.45) is 0 Å². The Bertz CT molecular complexity index is 842. The van der Waals surface area contributed by atoms with Gasteiger partial charge in [0.25, 0.3) is 0 Å². The van der Waals surface area contributed by atoms with Crippen LogP contribution in [0.4, 0.5) is 0 Å². The molecule has 0 aliphatic rings. The number of ketones is 1. The van der Waals surface area contributed by atoms with E-state index in [0.717, 1.165) is 5.56 Å². The van der Waals surface area contributed by atoms with Crippen LogP contribution in [0.1, 0.15) is 23.2 Å². The molecule has 5 heteroatoms. The maximum atomic E-state index is 11.4. The van der Waals surface area contributed by atoms with Gasteiger partial charge >= 0.3 is 0 Å². The van der Waals surface area contributed by atoms with Crippen molar-refractivity contribution >= 4 is 17.4 Å². The summed E-state index contributed by atoms with van der Waals surface area (Å²) >= 11 is 5.97. The third kappa shape index (κ3) is 3.79. The number of aromatic nitrogens is 1. The zero-order chi connectivity index (χ0) is 16.2. The minimum Gasteiger partial charge on any atom is -0.484 e. The molecule has 0 amide bonds. The van der Waals surface area contributed by atoms with Crippen LogP contribution in [-0.4, -0.2) is 10.8 Å². The molecule has 0 unspecified atom stereocenters. The van der Waals surface area contributed by atoms with Gasteiger partial charge in [-0.3, -0.25) is 4.79 Å². The predicted molar refractivity (Wildman–Crippen MR) is 87.7 cm³/mol. The van der Waals surface area contributed by atoms with E-state index in [1.807, 2.05) is 18.2 Å². The Hall–Kier alpha value is -2.59. The maximum Gasteiger partial charge on any atom is 0.232 e.